The number of Topliss-reactive ketones (excluding diaryl/α,β-unsaturated/α-hetero) is 1. The fourth-order valence-corrected chi connectivity index (χ4v) is 0.974. The Labute approximate surface area is 68.0 Å². The maximum Gasteiger partial charge on any atom is 0.133 e. The average Bonchev–Trinajstić information content (AvgIpc) is 1.86. The van der Waals surface area contributed by atoms with Crippen LogP contribution in [0.2, 0.25) is 0 Å². The van der Waals surface area contributed by atoms with Crippen LogP contribution < -0.4 is 0 Å². The highest BCUT2D eigenvalue weighted by Crippen LogP contribution is 2.05. The lowest BCUT2D eigenvalue weighted by Crippen LogP contribution is -2.02. The molecule has 0 bridgehead atoms. The normalized spacial score (nSPS) is 10.5. The van der Waals surface area contributed by atoms with Gasteiger partial charge in [-0.15, -0.1) is 0 Å². The summed E-state index contributed by atoms with van der Waals surface area (Å²) in [4.78, 5) is 11.0. The van der Waals surface area contributed by atoms with E-state index in [1.165, 1.54) is 0 Å². The second kappa shape index (κ2) is 6.32. The monoisotopic (exact) mass is 160 g/mol. The Morgan fingerprint density at radius 1 is 1.36 bits per heavy atom. The molecular formula is C9H17FO. The van der Waals surface area contributed by atoms with E-state index in [1.807, 2.05) is 13.8 Å². The number of ketones is 1. The smallest absolute Gasteiger partial charge is 0.133 e. The van der Waals surface area contributed by atoms with Gasteiger partial charge in [0.25, 0.3) is 0 Å². The minimum atomic E-state index is -0.297. The second-order valence-electron chi connectivity index (χ2n) is 3.28. The predicted molar refractivity (Wildman–Crippen MR) is 44.3 cm³/mol. The lowest BCUT2D eigenvalue weighted by Gasteiger charge is -2.01. The summed E-state index contributed by atoms with van der Waals surface area (Å²) >= 11 is 0. The molecule has 0 aliphatic rings. The zero-order valence-corrected chi connectivity index (χ0v) is 7.40. The van der Waals surface area contributed by atoms with Gasteiger partial charge in [-0.2, -0.15) is 0 Å². The summed E-state index contributed by atoms with van der Waals surface area (Å²) in [6.07, 6.45) is 2.44. The first-order valence-corrected chi connectivity index (χ1v) is 4.24. The number of halogens is 1. The van der Waals surface area contributed by atoms with E-state index in [0.717, 1.165) is 0 Å². The number of carbonyl (C=O) groups excluding carboxylic acids is 1. The van der Waals surface area contributed by atoms with E-state index in [0.29, 0.717) is 31.6 Å². The summed E-state index contributed by atoms with van der Waals surface area (Å²) in [6.45, 7) is 3.75. The number of rotatable bonds is 6. The van der Waals surface area contributed by atoms with E-state index in [9.17, 15) is 9.18 Å². The van der Waals surface area contributed by atoms with Crippen LogP contribution in [0.3, 0.4) is 0 Å². The molecule has 0 unspecified atom stereocenters. The number of alkyl halides is 1. The van der Waals surface area contributed by atoms with Crippen LogP contribution in [0.5, 0.6) is 0 Å². The van der Waals surface area contributed by atoms with Gasteiger partial charge in [-0.05, 0) is 18.8 Å². The van der Waals surface area contributed by atoms with Crippen molar-refractivity contribution in [3.63, 3.8) is 0 Å². The molecule has 0 saturated carbocycles. The molecule has 0 saturated heterocycles. The third-order valence-electron chi connectivity index (χ3n) is 1.48. The second-order valence-corrected chi connectivity index (χ2v) is 3.28. The molecule has 2 heteroatoms. The molecule has 0 aromatic heterocycles. The van der Waals surface area contributed by atoms with Crippen LogP contribution in [0, 0.1) is 5.92 Å². The Bertz CT molecular complexity index is 110. The average molecular weight is 160 g/mol. The molecular weight excluding hydrogens is 143 g/mol. The zero-order chi connectivity index (χ0) is 8.69. The molecule has 1 nitrogen and oxygen atoms in total. The quantitative estimate of drug-likeness (QED) is 0.546. The molecule has 0 fully saturated rings. The highest BCUT2D eigenvalue weighted by Gasteiger charge is 2.03. The standard InChI is InChI=1S/C9H17FO/c1-8(2)7-9(11)5-3-4-6-10/h8H,3-7H2,1-2H3. The first kappa shape index (κ1) is 10.6. The molecule has 0 aliphatic heterocycles. The summed E-state index contributed by atoms with van der Waals surface area (Å²) in [5, 5.41) is 0. The summed E-state index contributed by atoms with van der Waals surface area (Å²) in [6, 6.07) is 0. The van der Waals surface area contributed by atoms with Crippen LogP contribution in [0.1, 0.15) is 39.5 Å². The molecule has 0 aromatic carbocycles. The molecule has 11 heavy (non-hydrogen) atoms. The van der Waals surface area contributed by atoms with Crippen molar-refractivity contribution in [1.82, 2.24) is 0 Å². The van der Waals surface area contributed by atoms with Crippen molar-refractivity contribution in [2.75, 3.05) is 6.67 Å². The topological polar surface area (TPSA) is 17.1 Å². The van der Waals surface area contributed by atoms with Gasteiger partial charge in [0, 0.05) is 12.8 Å². The SMILES string of the molecule is CC(C)CC(=O)CCCCF. The number of carbonyl (C=O) groups is 1. The molecule has 0 rings (SSSR count). The van der Waals surface area contributed by atoms with Crippen molar-refractivity contribution < 1.29 is 9.18 Å². The lowest BCUT2D eigenvalue weighted by atomic mass is 10.0. The predicted octanol–water partition coefficient (Wildman–Crippen LogP) is 2.74. The highest BCUT2D eigenvalue weighted by molar-refractivity contribution is 5.78. The molecule has 0 amide bonds. The maximum atomic E-state index is 11.6. The Balaban J connectivity index is 3.23. The van der Waals surface area contributed by atoms with Gasteiger partial charge in [0.1, 0.15) is 5.78 Å². The molecule has 0 aromatic rings. The van der Waals surface area contributed by atoms with Crippen LogP contribution in [0.25, 0.3) is 0 Å². The summed E-state index contributed by atoms with van der Waals surface area (Å²) in [5.74, 6) is 0.710. The van der Waals surface area contributed by atoms with E-state index in [1.54, 1.807) is 0 Å². The first-order chi connectivity index (χ1) is 5.16. The van der Waals surface area contributed by atoms with Crippen molar-refractivity contribution in [3.8, 4) is 0 Å². The molecule has 0 aliphatic carbocycles. The first-order valence-electron chi connectivity index (χ1n) is 4.24. The number of unbranched alkanes of at least 4 members (excludes halogenated alkanes) is 1. The molecule has 0 atom stereocenters. The minimum Gasteiger partial charge on any atom is -0.300 e. The fraction of sp³-hybridized carbons (Fsp3) is 0.889. The minimum absolute atomic E-state index is 0.272. The Kier molecular flexibility index (Phi) is 6.09. The summed E-state index contributed by atoms with van der Waals surface area (Å²) < 4.78 is 11.6. The third kappa shape index (κ3) is 7.50. The van der Waals surface area contributed by atoms with E-state index in [2.05, 4.69) is 0 Å². The van der Waals surface area contributed by atoms with Crippen molar-refractivity contribution in [2.45, 2.75) is 39.5 Å². The third-order valence-corrected chi connectivity index (χ3v) is 1.48. The Hall–Kier alpha value is -0.400. The fourth-order valence-electron chi connectivity index (χ4n) is 0.974. The van der Waals surface area contributed by atoms with Crippen LogP contribution >= 0.6 is 0 Å². The largest absolute Gasteiger partial charge is 0.300 e. The lowest BCUT2D eigenvalue weighted by molar-refractivity contribution is -0.119. The molecule has 0 spiro atoms. The van der Waals surface area contributed by atoms with Crippen molar-refractivity contribution in [2.24, 2.45) is 5.92 Å². The molecule has 66 valence electrons. The van der Waals surface area contributed by atoms with E-state index >= 15 is 0 Å². The van der Waals surface area contributed by atoms with Crippen LogP contribution in [-0.2, 0) is 4.79 Å². The maximum absolute atomic E-state index is 11.6. The van der Waals surface area contributed by atoms with Gasteiger partial charge >= 0.3 is 0 Å². The number of hydrogen-bond acceptors (Lipinski definition) is 1. The van der Waals surface area contributed by atoms with Gasteiger partial charge in [0.15, 0.2) is 0 Å². The Morgan fingerprint density at radius 3 is 2.45 bits per heavy atom. The van der Waals surface area contributed by atoms with E-state index in [4.69, 9.17) is 0 Å². The van der Waals surface area contributed by atoms with Crippen molar-refractivity contribution in [1.29, 1.82) is 0 Å². The van der Waals surface area contributed by atoms with Gasteiger partial charge in [0.2, 0.25) is 0 Å². The van der Waals surface area contributed by atoms with Gasteiger partial charge < -0.3 is 0 Å². The van der Waals surface area contributed by atoms with Crippen molar-refractivity contribution in [3.05, 3.63) is 0 Å². The number of hydrogen-bond donors (Lipinski definition) is 0. The van der Waals surface area contributed by atoms with Crippen LogP contribution in [-0.4, -0.2) is 12.5 Å². The van der Waals surface area contributed by atoms with Gasteiger partial charge in [-0.1, -0.05) is 13.8 Å². The highest BCUT2D eigenvalue weighted by atomic mass is 19.1. The molecule has 0 heterocycles. The summed E-state index contributed by atoms with van der Waals surface area (Å²) in [7, 11) is 0. The van der Waals surface area contributed by atoms with Crippen molar-refractivity contribution >= 4 is 5.78 Å². The van der Waals surface area contributed by atoms with Gasteiger partial charge in [-0.25, -0.2) is 0 Å². The van der Waals surface area contributed by atoms with Crippen LogP contribution in [0.15, 0.2) is 0 Å². The van der Waals surface area contributed by atoms with Gasteiger partial charge in [-0.3, -0.25) is 9.18 Å². The van der Waals surface area contributed by atoms with E-state index < -0.39 is 0 Å². The Morgan fingerprint density at radius 2 is 2.00 bits per heavy atom. The summed E-state index contributed by atoms with van der Waals surface area (Å²) in [5.41, 5.74) is 0. The van der Waals surface area contributed by atoms with Crippen LogP contribution in [0.4, 0.5) is 4.39 Å². The molecule has 0 radical (unpaired) electrons. The molecule has 0 N–H and O–H groups in total. The van der Waals surface area contributed by atoms with Gasteiger partial charge in [0.05, 0.1) is 6.67 Å². The van der Waals surface area contributed by atoms with E-state index in [-0.39, 0.29) is 12.5 Å². The zero-order valence-electron chi connectivity index (χ0n) is 7.40.